The van der Waals surface area contributed by atoms with Crippen LogP contribution in [0.25, 0.3) is 0 Å². The number of thioether (sulfide) groups is 1. The highest BCUT2D eigenvalue weighted by Gasteiger charge is 2.06. The maximum Gasteiger partial charge on any atom is 0.0311 e. The fourth-order valence-electron chi connectivity index (χ4n) is 1.39. The molecule has 1 unspecified atom stereocenters. The number of hydrogen-bond donors (Lipinski definition) is 1. The molecule has 1 rings (SSSR count). The highest BCUT2D eigenvalue weighted by molar-refractivity contribution is 9.10. The summed E-state index contributed by atoms with van der Waals surface area (Å²) in [5, 5.41) is 0. The molecule has 2 N–H and O–H groups in total. The van der Waals surface area contributed by atoms with Crippen LogP contribution in [0.5, 0.6) is 0 Å². The van der Waals surface area contributed by atoms with Crippen LogP contribution in [0.2, 0.25) is 0 Å². The van der Waals surface area contributed by atoms with Crippen molar-refractivity contribution < 1.29 is 0 Å². The summed E-state index contributed by atoms with van der Waals surface area (Å²) in [6.07, 6.45) is 2.34. The van der Waals surface area contributed by atoms with Crippen LogP contribution in [0.15, 0.2) is 33.6 Å². The van der Waals surface area contributed by atoms with Gasteiger partial charge < -0.3 is 5.73 Å². The van der Waals surface area contributed by atoms with Crippen molar-refractivity contribution in [2.45, 2.75) is 37.6 Å². The van der Waals surface area contributed by atoms with Crippen molar-refractivity contribution in [2.75, 3.05) is 5.75 Å². The number of nitrogens with two attached hydrogens (primary N) is 1. The summed E-state index contributed by atoms with van der Waals surface area (Å²) in [6, 6.07) is 8.60. The van der Waals surface area contributed by atoms with Crippen molar-refractivity contribution in [3.05, 3.63) is 28.7 Å². The molecule has 3 heteroatoms. The topological polar surface area (TPSA) is 26.0 Å². The maximum absolute atomic E-state index is 6.08. The quantitative estimate of drug-likeness (QED) is 0.793. The van der Waals surface area contributed by atoms with Gasteiger partial charge in [-0.1, -0.05) is 26.0 Å². The van der Waals surface area contributed by atoms with Crippen LogP contribution in [0.3, 0.4) is 0 Å². The third-order valence-corrected chi connectivity index (χ3v) is 4.62. The molecule has 0 bridgehead atoms. The van der Waals surface area contributed by atoms with Crippen LogP contribution < -0.4 is 5.73 Å². The Hall–Kier alpha value is 0.01000. The zero-order chi connectivity index (χ0) is 12.0. The number of benzene rings is 1. The van der Waals surface area contributed by atoms with Gasteiger partial charge in [-0.25, -0.2) is 0 Å². The minimum atomic E-state index is 0.305. The lowest BCUT2D eigenvalue weighted by atomic mass is 10.1. The van der Waals surface area contributed by atoms with Gasteiger partial charge in [-0.2, -0.15) is 0 Å². The van der Waals surface area contributed by atoms with Gasteiger partial charge in [-0.3, -0.25) is 0 Å². The third-order valence-electron chi connectivity index (χ3n) is 2.40. The lowest BCUT2D eigenvalue weighted by molar-refractivity contribution is 0.517. The van der Waals surface area contributed by atoms with Crippen LogP contribution in [0.4, 0.5) is 0 Å². The second-order valence-corrected chi connectivity index (χ2v) is 6.39. The van der Waals surface area contributed by atoms with Gasteiger partial charge in [-0.15, -0.1) is 11.8 Å². The van der Waals surface area contributed by atoms with E-state index in [2.05, 4.69) is 48.0 Å². The van der Waals surface area contributed by atoms with E-state index in [9.17, 15) is 0 Å². The van der Waals surface area contributed by atoms with Crippen molar-refractivity contribution in [1.82, 2.24) is 0 Å². The summed E-state index contributed by atoms with van der Waals surface area (Å²) in [6.45, 7) is 4.49. The second-order valence-electron chi connectivity index (χ2n) is 4.47. The largest absolute Gasteiger partial charge is 0.327 e. The normalized spacial score (nSPS) is 13.1. The van der Waals surface area contributed by atoms with Crippen molar-refractivity contribution in [3.8, 4) is 0 Å². The smallest absolute Gasteiger partial charge is 0.0311 e. The molecule has 1 aromatic carbocycles. The molecular formula is C13H20BrNS. The number of rotatable bonds is 6. The molecule has 16 heavy (non-hydrogen) atoms. The van der Waals surface area contributed by atoms with Crippen LogP contribution >= 0.6 is 27.7 Å². The predicted molar refractivity (Wildman–Crippen MR) is 76.9 cm³/mol. The van der Waals surface area contributed by atoms with E-state index >= 15 is 0 Å². The van der Waals surface area contributed by atoms with E-state index in [0.717, 1.165) is 22.6 Å². The standard InChI is InChI=1S/C13H20BrNS/c1-10(2)7-8-11(15)9-16-13-6-4-3-5-12(13)14/h3-6,10-11H,7-9,15H2,1-2H3. The number of halogens is 1. The summed E-state index contributed by atoms with van der Waals surface area (Å²) in [5.41, 5.74) is 6.08. The molecule has 0 aliphatic heterocycles. The van der Waals surface area contributed by atoms with E-state index in [1.165, 1.54) is 11.3 Å². The average molecular weight is 302 g/mol. The lowest BCUT2D eigenvalue weighted by Crippen LogP contribution is -2.23. The predicted octanol–water partition coefficient (Wildman–Crippen LogP) is 4.30. The molecule has 0 amide bonds. The Morgan fingerprint density at radius 2 is 1.94 bits per heavy atom. The Balaban J connectivity index is 2.31. The average Bonchev–Trinajstić information content (AvgIpc) is 2.25. The van der Waals surface area contributed by atoms with Crippen LogP contribution in [-0.2, 0) is 0 Å². The molecular weight excluding hydrogens is 282 g/mol. The first-order valence-electron chi connectivity index (χ1n) is 5.72. The van der Waals surface area contributed by atoms with Gasteiger partial charge in [0, 0.05) is 21.2 Å². The molecule has 1 atom stereocenters. The minimum absolute atomic E-state index is 0.305. The van der Waals surface area contributed by atoms with Gasteiger partial charge >= 0.3 is 0 Å². The Morgan fingerprint density at radius 3 is 2.56 bits per heavy atom. The van der Waals surface area contributed by atoms with E-state index in [1.807, 2.05) is 17.8 Å². The number of hydrogen-bond acceptors (Lipinski definition) is 2. The van der Waals surface area contributed by atoms with E-state index in [0.29, 0.717) is 6.04 Å². The lowest BCUT2D eigenvalue weighted by Gasteiger charge is -2.13. The van der Waals surface area contributed by atoms with E-state index < -0.39 is 0 Å². The van der Waals surface area contributed by atoms with Gasteiger partial charge in [-0.05, 0) is 46.8 Å². The minimum Gasteiger partial charge on any atom is -0.327 e. The molecule has 0 aromatic heterocycles. The summed E-state index contributed by atoms with van der Waals surface area (Å²) in [5.74, 6) is 1.74. The van der Waals surface area contributed by atoms with E-state index in [-0.39, 0.29) is 0 Å². The third kappa shape index (κ3) is 5.37. The molecule has 0 aliphatic carbocycles. The SMILES string of the molecule is CC(C)CCC(N)CSc1ccccc1Br. The van der Waals surface area contributed by atoms with E-state index in [4.69, 9.17) is 5.73 Å². The zero-order valence-electron chi connectivity index (χ0n) is 9.95. The molecule has 90 valence electrons. The molecule has 0 spiro atoms. The molecule has 0 aliphatic rings. The fourth-order valence-corrected chi connectivity index (χ4v) is 2.96. The Labute approximate surface area is 111 Å². The van der Waals surface area contributed by atoms with Gasteiger partial charge in [0.05, 0.1) is 0 Å². The summed E-state index contributed by atoms with van der Waals surface area (Å²) >= 11 is 5.38. The van der Waals surface area contributed by atoms with Crippen molar-refractivity contribution in [2.24, 2.45) is 11.7 Å². The highest BCUT2D eigenvalue weighted by atomic mass is 79.9. The van der Waals surface area contributed by atoms with Gasteiger partial charge in [0.15, 0.2) is 0 Å². The molecule has 1 aromatic rings. The molecule has 0 fully saturated rings. The molecule has 0 radical (unpaired) electrons. The van der Waals surface area contributed by atoms with Gasteiger partial charge in [0.25, 0.3) is 0 Å². The van der Waals surface area contributed by atoms with Crippen LogP contribution in [0, 0.1) is 5.92 Å². The Morgan fingerprint density at radius 1 is 1.25 bits per heavy atom. The summed E-state index contributed by atoms with van der Waals surface area (Å²) in [7, 11) is 0. The first-order chi connectivity index (χ1) is 7.59. The maximum atomic E-state index is 6.08. The summed E-state index contributed by atoms with van der Waals surface area (Å²) < 4.78 is 1.16. The van der Waals surface area contributed by atoms with Crippen molar-refractivity contribution in [3.63, 3.8) is 0 Å². The Kier molecular flexibility index (Phi) is 6.47. The van der Waals surface area contributed by atoms with Crippen molar-refractivity contribution in [1.29, 1.82) is 0 Å². The second kappa shape index (κ2) is 7.36. The van der Waals surface area contributed by atoms with Crippen LogP contribution in [0.1, 0.15) is 26.7 Å². The first kappa shape index (κ1) is 14.1. The van der Waals surface area contributed by atoms with Gasteiger partial charge in [0.1, 0.15) is 0 Å². The Bertz CT molecular complexity index is 315. The zero-order valence-corrected chi connectivity index (χ0v) is 12.4. The van der Waals surface area contributed by atoms with Crippen LogP contribution in [-0.4, -0.2) is 11.8 Å². The highest BCUT2D eigenvalue weighted by Crippen LogP contribution is 2.27. The molecule has 1 nitrogen and oxygen atoms in total. The summed E-state index contributed by atoms with van der Waals surface area (Å²) in [4.78, 5) is 1.28. The van der Waals surface area contributed by atoms with Crippen molar-refractivity contribution >= 4 is 27.7 Å². The first-order valence-corrected chi connectivity index (χ1v) is 7.50. The molecule has 0 heterocycles. The monoisotopic (exact) mass is 301 g/mol. The molecule has 0 saturated carbocycles. The fraction of sp³-hybridized carbons (Fsp3) is 0.538. The van der Waals surface area contributed by atoms with E-state index in [1.54, 1.807) is 0 Å². The molecule has 0 saturated heterocycles. The van der Waals surface area contributed by atoms with Gasteiger partial charge in [0.2, 0.25) is 0 Å².